The third-order valence-electron chi connectivity index (χ3n) is 7.15. The summed E-state index contributed by atoms with van der Waals surface area (Å²) in [7, 11) is 0. The summed E-state index contributed by atoms with van der Waals surface area (Å²) in [5, 5.41) is 0. The van der Waals surface area contributed by atoms with Crippen LogP contribution in [-0.4, -0.2) is 11.6 Å². The van der Waals surface area contributed by atoms with E-state index in [1.807, 2.05) is 24.3 Å². The van der Waals surface area contributed by atoms with E-state index in [1.54, 1.807) is 0 Å². The average Bonchev–Trinajstić information content (AvgIpc) is 2.83. The summed E-state index contributed by atoms with van der Waals surface area (Å²) in [6, 6.07) is 16.7. The van der Waals surface area contributed by atoms with Crippen LogP contribution >= 0.6 is 0 Å². The molecule has 0 unspecified atom stereocenters. The summed E-state index contributed by atoms with van der Waals surface area (Å²) >= 11 is 0. The van der Waals surface area contributed by atoms with Gasteiger partial charge in [0.15, 0.2) is 5.78 Å². The number of rotatable bonds is 12. The molecule has 0 spiro atoms. The lowest BCUT2D eigenvalue weighted by atomic mass is 9.77. The quantitative estimate of drug-likeness (QED) is 0.191. The molecule has 2 aromatic carbocycles. The minimum atomic E-state index is -0.0710. The molecule has 0 saturated heterocycles. The molecule has 3 rings (SSSR count). The molecular formula is C30H40O2. The van der Waals surface area contributed by atoms with Crippen molar-refractivity contribution in [3.05, 3.63) is 59.7 Å². The number of Topliss-reactive ketones (excluding diaryl/α,β-unsaturated/α-hetero) is 2. The molecule has 32 heavy (non-hydrogen) atoms. The number of carbonyl (C=O) groups is 2. The topological polar surface area (TPSA) is 34.1 Å². The van der Waals surface area contributed by atoms with E-state index in [4.69, 9.17) is 0 Å². The van der Waals surface area contributed by atoms with Gasteiger partial charge in [0.05, 0.1) is 6.42 Å². The van der Waals surface area contributed by atoms with Gasteiger partial charge in [-0.25, -0.2) is 0 Å². The second-order valence-electron chi connectivity index (χ2n) is 9.65. The van der Waals surface area contributed by atoms with Crippen molar-refractivity contribution in [2.75, 3.05) is 0 Å². The van der Waals surface area contributed by atoms with E-state index in [-0.39, 0.29) is 18.0 Å². The number of unbranched alkanes of at least 4 members (excludes halogenated alkanes) is 3. The van der Waals surface area contributed by atoms with Crippen LogP contribution in [0.1, 0.15) is 113 Å². The predicted octanol–water partition coefficient (Wildman–Crippen LogP) is 8.54. The SMILES string of the molecule is CCCCCC1CCC(c2ccc(-c3ccc(C(=O)CC(=O)CCCC)cc3)cc2)CC1. The molecule has 172 valence electrons. The first-order chi connectivity index (χ1) is 15.6. The normalized spacial score (nSPS) is 18.4. The first kappa shape index (κ1) is 24.4. The number of benzene rings is 2. The van der Waals surface area contributed by atoms with Crippen LogP contribution in [0, 0.1) is 5.92 Å². The Morgan fingerprint density at radius 2 is 1.34 bits per heavy atom. The van der Waals surface area contributed by atoms with Crippen molar-refractivity contribution in [3.8, 4) is 11.1 Å². The van der Waals surface area contributed by atoms with Crippen LogP contribution in [0.2, 0.25) is 0 Å². The Hall–Kier alpha value is -2.22. The van der Waals surface area contributed by atoms with Gasteiger partial charge in [-0.3, -0.25) is 9.59 Å². The van der Waals surface area contributed by atoms with Gasteiger partial charge in [-0.15, -0.1) is 0 Å². The van der Waals surface area contributed by atoms with Crippen molar-refractivity contribution in [3.63, 3.8) is 0 Å². The second kappa shape index (κ2) is 12.7. The Balaban J connectivity index is 1.53. The van der Waals surface area contributed by atoms with Crippen LogP contribution in [0.5, 0.6) is 0 Å². The van der Waals surface area contributed by atoms with Gasteiger partial charge < -0.3 is 0 Å². The monoisotopic (exact) mass is 432 g/mol. The molecule has 0 amide bonds. The molecule has 1 aliphatic carbocycles. The lowest BCUT2D eigenvalue weighted by molar-refractivity contribution is -0.118. The highest BCUT2D eigenvalue weighted by Gasteiger charge is 2.22. The van der Waals surface area contributed by atoms with Gasteiger partial charge in [0.2, 0.25) is 0 Å². The predicted molar refractivity (Wildman–Crippen MR) is 134 cm³/mol. The van der Waals surface area contributed by atoms with Gasteiger partial charge in [-0.2, -0.15) is 0 Å². The Morgan fingerprint density at radius 3 is 1.94 bits per heavy atom. The van der Waals surface area contributed by atoms with Crippen molar-refractivity contribution in [1.82, 2.24) is 0 Å². The summed E-state index contributed by atoms with van der Waals surface area (Å²) < 4.78 is 0. The maximum Gasteiger partial charge on any atom is 0.170 e. The molecular weight excluding hydrogens is 392 g/mol. The Morgan fingerprint density at radius 1 is 0.750 bits per heavy atom. The zero-order valence-corrected chi connectivity index (χ0v) is 20.1. The van der Waals surface area contributed by atoms with Gasteiger partial charge >= 0.3 is 0 Å². The lowest BCUT2D eigenvalue weighted by Crippen LogP contribution is -2.13. The van der Waals surface area contributed by atoms with Crippen molar-refractivity contribution < 1.29 is 9.59 Å². The molecule has 0 bridgehead atoms. The van der Waals surface area contributed by atoms with Gasteiger partial charge in [0, 0.05) is 12.0 Å². The fourth-order valence-electron chi connectivity index (χ4n) is 5.01. The van der Waals surface area contributed by atoms with Crippen LogP contribution < -0.4 is 0 Å². The molecule has 2 aromatic rings. The van der Waals surface area contributed by atoms with E-state index in [2.05, 4.69) is 38.1 Å². The summed E-state index contributed by atoms with van der Waals surface area (Å²) in [6.45, 7) is 4.34. The number of carbonyl (C=O) groups excluding carboxylic acids is 2. The first-order valence-corrected chi connectivity index (χ1v) is 12.9. The Labute approximate surface area is 194 Å². The van der Waals surface area contributed by atoms with E-state index in [0.717, 1.165) is 24.3 Å². The minimum absolute atomic E-state index is 0.0227. The van der Waals surface area contributed by atoms with Gasteiger partial charge in [0.25, 0.3) is 0 Å². The van der Waals surface area contributed by atoms with E-state index in [1.165, 1.54) is 62.5 Å². The molecule has 2 nitrogen and oxygen atoms in total. The highest BCUT2D eigenvalue weighted by molar-refractivity contribution is 6.08. The zero-order chi connectivity index (χ0) is 22.8. The first-order valence-electron chi connectivity index (χ1n) is 12.9. The minimum Gasteiger partial charge on any atom is -0.299 e. The number of hydrogen-bond donors (Lipinski definition) is 0. The number of hydrogen-bond acceptors (Lipinski definition) is 2. The average molecular weight is 433 g/mol. The fraction of sp³-hybridized carbons (Fsp3) is 0.533. The smallest absolute Gasteiger partial charge is 0.170 e. The molecule has 1 saturated carbocycles. The van der Waals surface area contributed by atoms with Crippen molar-refractivity contribution in [2.45, 2.75) is 96.8 Å². The Kier molecular flexibility index (Phi) is 9.71. The highest BCUT2D eigenvalue weighted by Crippen LogP contribution is 2.38. The van der Waals surface area contributed by atoms with Crippen LogP contribution in [0.15, 0.2) is 48.5 Å². The van der Waals surface area contributed by atoms with Crippen molar-refractivity contribution in [2.24, 2.45) is 5.92 Å². The summed E-state index contributed by atoms with van der Waals surface area (Å²) in [5.74, 6) is 1.63. The molecule has 0 aliphatic heterocycles. The van der Waals surface area contributed by atoms with Crippen LogP contribution in [-0.2, 0) is 4.79 Å². The summed E-state index contributed by atoms with van der Waals surface area (Å²) in [6.07, 6.45) is 13.3. The summed E-state index contributed by atoms with van der Waals surface area (Å²) in [4.78, 5) is 24.3. The van der Waals surface area contributed by atoms with Crippen LogP contribution in [0.25, 0.3) is 11.1 Å². The van der Waals surface area contributed by atoms with Gasteiger partial charge in [-0.1, -0.05) is 94.5 Å². The van der Waals surface area contributed by atoms with E-state index in [0.29, 0.717) is 17.9 Å². The molecule has 2 heteroatoms. The molecule has 0 atom stereocenters. The molecule has 0 N–H and O–H groups in total. The maximum atomic E-state index is 12.4. The molecule has 1 fully saturated rings. The van der Waals surface area contributed by atoms with Crippen molar-refractivity contribution in [1.29, 1.82) is 0 Å². The summed E-state index contributed by atoms with van der Waals surface area (Å²) in [5.41, 5.74) is 4.40. The third kappa shape index (κ3) is 7.15. The number of ketones is 2. The fourth-order valence-corrected chi connectivity index (χ4v) is 5.01. The molecule has 1 aliphatic rings. The second-order valence-corrected chi connectivity index (χ2v) is 9.65. The maximum absolute atomic E-state index is 12.4. The largest absolute Gasteiger partial charge is 0.299 e. The molecule has 0 aromatic heterocycles. The lowest BCUT2D eigenvalue weighted by Gasteiger charge is -2.29. The third-order valence-corrected chi connectivity index (χ3v) is 7.15. The molecule has 0 radical (unpaired) electrons. The Bertz CT molecular complexity index is 839. The van der Waals surface area contributed by atoms with E-state index >= 15 is 0 Å². The van der Waals surface area contributed by atoms with Gasteiger partial charge in [-0.05, 0) is 60.6 Å². The highest BCUT2D eigenvalue weighted by atomic mass is 16.1. The van der Waals surface area contributed by atoms with E-state index in [9.17, 15) is 9.59 Å². The van der Waals surface area contributed by atoms with Gasteiger partial charge in [0.1, 0.15) is 5.78 Å². The van der Waals surface area contributed by atoms with E-state index < -0.39 is 0 Å². The zero-order valence-electron chi connectivity index (χ0n) is 20.1. The standard InChI is InChI=1S/C30H40O2/c1-3-5-7-8-23-10-12-24(13-11-23)25-14-16-26(17-15-25)27-18-20-28(21-19-27)30(32)22-29(31)9-6-4-2/h14-21,23-24H,3-13,22H2,1-2H3. The molecule has 0 heterocycles. The van der Waals surface area contributed by atoms with Crippen LogP contribution in [0.3, 0.4) is 0 Å². The van der Waals surface area contributed by atoms with Crippen LogP contribution in [0.4, 0.5) is 0 Å². The van der Waals surface area contributed by atoms with Crippen molar-refractivity contribution >= 4 is 11.6 Å².